The molecule has 4 nitrogen and oxygen atoms in total. The van der Waals surface area contributed by atoms with Gasteiger partial charge in [0.15, 0.2) is 0 Å². The topological polar surface area (TPSA) is 39.3 Å². The van der Waals surface area contributed by atoms with Crippen LogP contribution in [-0.4, -0.2) is 0 Å². The lowest BCUT2D eigenvalue weighted by molar-refractivity contribution is 1.28. The number of nitrogens with zero attached hydrogens (tertiary/aromatic N) is 1. The zero-order valence-electron chi connectivity index (χ0n) is 38.9. The van der Waals surface area contributed by atoms with Gasteiger partial charge in [0, 0.05) is 51.2 Å². The van der Waals surface area contributed by atoms with Gasteiger partial charge >= 0.3 is 0 Å². The zero-order chi connectivity index (χ0) is 47.4. The molecular formula is C66H54N4. The minimum absolute atomic E-state index is 1.11. The number of hydrogen-bond donors (Lipinski definition) is 3. The fraction of sp³-hybridized carbons (Fsp3) is 0. The minimum Gasteiger partial charge on any atom is -0.356 e. The molecule has 0 atom stereocenters. The number of rotatable bonds is 9. The van der Waals surface area contributed by atoms with Crippen molar-refractivity contribution in [2.75, 3.05) is 20.9 Å². The summed E-state index contributed by atoms with van der Waals surface area (Å²) in [7, 11) is 0. The van der Waals surface area contributed by atoms with Crippen LogP contribution in [0, 0.1) is 0 Å². The maximum absolute atomic E-state index is 3.40. The second-order valence-corrected chi connectivity index (χ2v) is 16.5. The van der Waals surface area contributed by atoms with Gasteiger partial charge in [0.2, 0.25) is 0 Å². The van der Waals surface area contributed by atoms with Gasteiger partial charge in [-0.25, -0.2) is 0 Å². The predicted octanol–water partition coefficient (Wildman–Crippen LogP) is 18.9. The average Bonchev–Trinajstić information content (AvgIpc) is 3.43. The minimum atomic E-state index is 1.11. The van der Waals surface area contributed by atoms with E-state index in [1.165, 1.54) is 49.4 Å². The third kappa shape index (κ3) is 12.9. The highest BCUT2D eigenvalue weighted by atomic mass is 15.1. The molecule has 12 rings (SSSR count). The third-order valence-corrected chi connectivity index (χ3v) is 11.5. The molecule has 70 heavy (non-hydrogen) atoms. The van der Waals surface area contributed by atoms with Gasteiger partial charge in [-0.3, -0.25) is 0 Å². The van der Waals surface area contributed by atoms with E-state index < -0.39 is 0 Å². The molecule has 0 bridgehead atoms. The largest absolute Gasteiger partial charge is 0.356 e. The Morgan fingerprint density at radius 1 is 0.171 bits per heavy atom. The van der Waals surface area contributed by atoms with E-state index in [4.69, 9.17) is 0 Å². The fourth-order valence-corrected chi connectivity index (χ4v) is 8.04. The van der Waals surface area contributed by atoms with Crippen LogP contribution in [0.3, 0.4) is 0 Å². The van der Waals surface area contributed by atoms with Gasteiger partial charge in [0.05, 0.1) is 0 Å². The monoisotopic (exact) mass is 902 g/mol. The molecule has 338 valence electrons. The van der Waals surface area contributed by atoms with E-state index >= 15 is 0 Å². The lowest BCUT2D eigenvalue weighted by Crippen LogP contribution is -2.09. The molecule has 4 heteroatoms. The smallest absolute Gasteiger partial charge is 0.0461 e. The van der Waals surface area contributed by atoms with E-state index in [-0.39, 0.29) is 0 Å². The molecule has 0 amide bonds. The first-order valence-electron chi connectivity index (χ1n) is 23.6. The highest BCUT2D eigenvalue weighted by Gasteiger charge is 2.10. The zero-order valence-corrected chi connectivity index (χ0v) is 38.9. The molecule has 0 aromatic heterocycles. The summed E-state index contributed by atoms with van der Waals surface area (Å²) in [5.74, 6) is 0. The van der Waals surface area contributed by atoms with Crippen LogP contribution in [-0.2, 0) is 0 Å². The number of benzene rings is 12. The molecule has 3 N–H and O–H groups in total. The van der Waals surface area contributed by atoms with E-state index in [0.29, 0.717) is 0 Å². The van der Waals surface area contributed by atoms with E-state index in [1.807, 2.05) is 72.8 Å². The first-order valence-corrected chi connectivity index (χ1v) is 23.6. The summed E-state index contributed by atoms with van der Waals surface area (Å²) in [6.45, 7) is 0. The lowest BCUT2D eigenvalue weighted by atomic mass is 10.1. The molecule has 0 aliphatic heterocycles. The van der Waals surface area contributed by atoms with Crippen molar-refractivity contribution < 1.29 is 0 Å². The quantitative estimate of drug-likeness (QED) is 0.135. The molecule has 0 saturated heterocycles. The van der Waals surface area contributed by atoms with Gasteiger partial charge < -0.3 is 20.9 Å². The van der Waals surface area contributed by atoms with E-state index in [1.54, 1.807) is 0 Å². The fourth-order valence-electron chi connectivity index (χ4n) is 8.04. The Bertz CT molecular complexity index is 3070. The van der Waals surface area contributed by atoms with Crippen LogP contribution >= 0.6 is 0 Å². The van der Waals surface area contributed by atoms with Crippen LogP contribution < -0.4 is 20.9 Å². The van der Waals surface area contributed by atoms with Crippen LogP contribution in [0.15, 0.2) is 309 Å². The summed E-state index contributed by atoms with van der Waals surface area (Å²) in [4.78, 5) is 2.25. The molecule has 0 radical (unpaired) electrons. The van der Waals surface area contributed by atoms with Gasteiger partial charge in [-0.2, -0.15) is 0 Å². The summed E-state index contributed by atoms with van der Waals surface area (Å²) in [6.07, 6.45) is 0. The van der Waals surface area contributed by atoms with E-state index in [2.05, 4.69) is 257 Å². The van der Waals surface area contributed by atoms with Crippen LogP contribution in [0.5, 0.6) is 0 Å². The summed E-state index contributed by atoms with van der Waals surface area (Å²) in [5.41, 5.74) is 10.2. The molecule has 0 aliphatic rings. The van der Waals surface area contributed by atoms with Crippen molar-refractivity contribution in [3.63, 3.8) is 0 Å². The van der Waals surface area contributed by atoms with Gasteiger partial charge in [-0.1, -0.05) is 200 Å². The summed E-state index contributed by atoms with van der Waals surface area (Å²) >= 11 is 0. The van der Waals surface area contributed by atoms with E-state index in [0.717, 1.165) is 34.1 Å². The molecule has 0 unspecified atom stereocenters. The molecule has 12 aromatic rings. The van der Waals surface area contributed by atoms with Gasteiger partial charge in [0.1, 0.15) is 0 Å². The van der Waals surface area contributed by atoms with Crippen molar-refractivity contribution in [1.82, 2.24) is 0 Å². The number of nitrogens with one attached hydrogen (secondary N) is 3. The number of hydrogen-bond acceptors (Lipinski definition) is 4. The normalized spacial score (nSPS) is 10.3. The van der Waals surface area contributed by atoms with Crippen LogP contribution in [0.1, 0.15) is 0 Å². The second kappa shape index (κ2) is 23.9. The van der Waals surface area contributed by atoms with Gasteiger partial charge in [0.25, 0.3) is 0 Å². The standard InChI is InChI=1S/C18H15N.3C16H13N/c1-4-10-16(11-5-1)19(17-12-6-2-7-13-17)18-14-8-3-9-15-18;3*1-2-8-15(9-3-1)17-16-11-10-13-6-4-5-7-14(13)12-16/h1-15H;3*1-12,17H. The Hall–Kier alpha value is -9.38. The highest BCUT2D eigenvalue weighted by Crippen LogP contribution is 2.34. The Kier molecular flexibility index (Phi) is 15.6. The number of fused-ring (bicyclic) bond motifs is 3. The van der Waals surface area contributed by atoms with Crippen molar-refractivity contribution in [2.45, 2.75) is 0 Å². The molecule has 0 aliphatic carbocycles. The lowest BCUT2D eigenvalue weighted by Gasteiger charge is -2.25. The molecule has 12 aromatic carbocycles. The summed E-state index contributed by atoms with van der Waals surface area (Å²) < 4.78 is 0. The van der Waals surface area contributed by atoms with Crippen molar-refractivity contribution in [3.05, 3.63) is 309 Å². The second-order valence-electron chi connectivity index (χ2n) is 16.5. The summed E-state index contributed by atoms with van der Waals surface area (Å²) in [5, 5.41) is 17.8. The third-order valence-electron chi connectivity index (χ3n) is 11.5. The number of anilines is 9. The summed E-state index contributed by atoms with van der Waals surface area (Å²) in [6, 6.07) is 106. The Morgan fingerprint density at radius 2 is 0.386 bits per heavy atom. The van der Waals surface area contributed by atoms with Crippen molar-refractivity contribution in [2.24, 2.45) is 0 Å². The van der Waals surface area contributed by atoms with E-state index in [9.17, 15) is 0 Å². The maximum Gasteiger partial charge on any atom is 0.0461 e. The van der Waals surface area contributed by atoms with Crippen molar-refractivity contribution in [1.29, 1.82) is 0 Å². The van der Waals surface area contributed by atoms with Gasteiger partial charge in [-0.05, 0) is 142 Å². The van der Waals surface area contributed by atoms with Gasteiger partial charge in [-0.15, -0.1) is 0 Å². The number of para-hydroxylation sites is 6. The van der Waals surface area contributed by atoms with Crippen LogP contribution in [0.4, 0.5) is 51.2 Å². The molecule has 0 spiro atoms. The molecular weight excluding hydrogens is 849 g/mol. The Balaban J connectivity index is 0.000000116. The van der Waals surface area contributed by atoms with Crippen LogP contribution in [0.25, 0.3) is 32.3 Å². The van der Waals surface area contributed by atoms with Crippen molar-refractivity contribution >= 4 is 83.5 Å². The molecule has 0 fully saturated rings. The average molecular weight is 903 g/mol. The first kappa shape index (κ1) is 45.8. The van der Waals surface area contributed by atoms with Crippen molar-refractivity contribution in [3.8, 4) is 0 Å². The predicted molar refractivity (Wildman–Crippen MR) is 302 cm³/mol. The van der Waals surface area contributed by atoms with Crippen LogP contribution in [0.2, 0.25) is 0 Å². The highest BCUT2D eigenvalue weighted by molar-refractivity contribution is 5.88. The Morgan fingerprint density at radius 3 is 0.643 bits per heavy atom. The Labute approximate surface area is 411 Å². The first-order chi connectivity index (χ1) is 34.7. The molecule has 0 heterocycles. The maximum atomic E-state index is 3.40. The molecule has 0 saturated carbocycles. The SMILES string of the molecule is c1ccc(N(c2ccccc2)c2ccccc2)cc1.c1ccc(Nc2ccc3ccccc3c2)cc1.c1ccc(Nc2ccc3ccccc3c2)cc1.c1ccc(Nc2ccc3ccccc3c2)cc1.